The lowest BCUT2D eigenvalue weighted by atomic mass is 9.86. The maximum absolute atomic E-state index is 12.0. The first-order chi connectivity index (χ1) is 9.56. The minimum absolute atomic E-state index is 0.0875. The summed E-state index contributed by atoms with van der Waals surface area (Å²) in [6, 6.07) is 6.50. The van der Waals surface area contributed by atoms with Gasteiger partial charge in [0.25, 0.3) is 5.91 Å². The molecule has 1 aliphatic carbocycles. The smallest absolute Gasteiger partial charge is 0.279 e. The Bertz CT molecular complexity index is 476. The summed E-state index contributed by atoms with van der Waals surface area (Å²) in [5, 5.41) is 5.19. The van der Waals surface area contributed by atoms with Crippen molar-refractivity contribution in [2.45, 2.75) is 45.6 Å². The molecule has 0 aromatic heterocycles. The molecule has 2 rings (SSSR count). The molecule has 0 spiro atoms. The van der Waals surface area contributed by atoms with Crippen LogP contribution in [0.25, 0.3) is 0 Å². The second-order valence-electron chi connectivity index (χ2n) is 5.88. The minimum atomic E-state index is 0.0875. The molecule has 20 heavy (non-hydrogen) atoms. The highest BCUT2D eigenvalue weighted by Gasteiger charge is 2.24. The van der Waals surface area contributed by atoms with Crippen LogP contribution in [0.2, 0.25) is 0 Å². The summed E-state index contributed by atoms with van der Waals surface area (Å²) in [5.41, 5.74) is 2.01. The monoisotopic (exact) mass is 339 g/mol. The fourth-order valence-electron chi connectivity index (χ4n) is 2.89. The van der Waals surface area contributed by atoms with E-state index in [1.807, 2.05) is 25.1 Å². The standard InChI is InChI=1S/C16H23BrN2O/c1-11-5-3-4-6-15(11)18-10-16(20)19-13-7-8-14(17)12(2)9-13/h7-9,11,15,18H,3-6,10H2,1-2H3,(H,19,20)/p+1/t11-,15-/m0/s1. The number of halogens is 1. The van der Waals surface area contributed by atoms with E-state index in [1.54, 1.807) is 0 Å². The molecule has 0 aliphatic heterocycles. The van der Waals surface area contributed by atoms with E-state index in [0.29, 0.717) is 12.6 Å². The number of amides is 1. The average Bonchev–Trinajstić information content (AvgIpc) is 2.42. The summed E-state index contributed by atoms with van der Waals surface area (Å²) in [7, 11) is 0. The fraction of sp³-hybridized carbons (Fsp3) is 0.562. The number of benzene rings is 1. The molecular weight excluding hydrogens is 316 g/mol. The Morgan fingerprint density at radius 3 is 2.85 bits per heavy atom. The molecule has 3 nitrogen and oxygen atoms in total. The number of anilines is 1. The van der Waals surface area contributed by atoms with Gasteiger partial charge in [0.15, 0.2) is 6.54 Å². The predicted molar refractivity (Wildman–Crippen MR) is 85.7 cm³/mol. The molecule has 110 valence electrons. The van der Waals surface area contributed by atoms with Crippen molar-refractivity contribution in [2.24, 2.45) is 5.92 Å². The lowest BCUT2D eigenvalue weighted by Gasteiger charge is -2.26. The SMILES string of the molecule is Cc1cc(NC(=O)C[NH2+][C@H]2CCCC[C@@H]2C)ccc1Br. The summed E-state index contributed by atoms with van der Waals surface area (Å²) >= 11 is 3.47. The molecule has 1 aromatic carbocycles. The zero-order valence-corrected chi connectivity index (χ0v) is 13.9. The van der Waals surface area contributed by atoms with Gasteiger partial charge in [-0.3, -0.25) is 4.79 Å². The van der Waals surface area contributed by atoms with Gasteiger partial charge in [-0.1, -0.05) is 29.3 Å². The van der Waals surface area contributed by atoms with Crippen molar-refractivity contribution < 1.29 is 10.1 Å². The molecule has 0 bridgehead atoms. The lowest BCUT2D eigenvalue weighted by Crippen LogP contribution is -2.93. The van der Waals surface area contributed by atoms with Gasteiger partial charge >= 0.3 is 0 Å². The third kappa shape index (κ3) is 4.32. The number of nitrogens with two attached hydrogens (primary N) is 1. The Labute approximate surface area is 129 Å². The van der Waals surface area contributed by atoms with E-state index in [2.05, 4.69) is 33.5 Å². The number of quaternary nitrogens is 1. The van der Waals surface area contributed by atoms with Crippen molar-refractivity contribution >= 4 is 27.5 Å². The van der Waals surface area contributed by atoms with Crippen LogP contribution in [0.15, 0.2) is 22.7 Å². The molecule has 2 atom stereocenters. The van der Waals surface area contributed by atoms with Gasteiger partial charge in [-0.25, -0.2) is 0 Å². The van der Waals surface area contributed by atoms with Gasteiger partial charge in [-0.05, 0) is 49.9 Å². The molecule has 1 saturated carbocycles. The van der Waals surface area contributed by atoms with Gasteiger partial charge < -0.3 is 10.6 Å². The van der Waals surface area contributed by atoms with E-state index in [-0.39, 0.29) is 5.91 Å². The van der Waals surface area contributed by atoms with E-state index in [0.717, 1.165) is 21.6 Å². The van der Waals surface area contributed by atoms with E-state index < -0.39 is 0 Å². The van der Waals surface area contributed by atoms with Crippen LogP contribution in [-0.2, 0) is 4.79 Å². The fourth-order valence-corrected chi connectivity index (χ4v) is 3.13. The second-order valence-corrected chi connectivity index (χ2v) is 6.73. The third-order valence-corrected chi connectivity index (χ3v) is 5.12. The minimum Gasteiger partial charge on any atom is -0.336 e. The van der Waals surface area contributed by atoms with Crippen LogP contribution in [0.4, 0.5) is 5.69 Å². The zero-order valence-electron chi connectivity index (χ0n) is 12.3. The zero-order chi connectivity index (χ0) is 14.5. The van der Waals surface area contributed by atoms with Crippen molar-refractivity contribution in [3.63, 3.8) is 0 Å². The van der Waals surface area contributed by atoms with Crippen molar-refractivity contribution in [3.8, 4) is 0 Å². The molecule has 1 fully saturated rings. The predicted octanol–water partition coefficient (Wildman–Crippen LogP) is 2.84. The summed E-state index contributed by atoms with van der Waals surface area (Å²) in [6.45, 7) is 4.84. The van der Waals surface area contributed by atoms with Crippen LogP contribution in [-0.4, -0.2) is 18.5 Å². The highest BCUT2D eigenvalue weighted by molar-refractivity contribution is 9.10. The van der Waals surface area contributed by atoms with E-state index in [1.165, 1.54) is 25.7 Å². The molecule has 1 amide bonds. The van der Waals surface area contributed by atoms with Crippen molar-refractivity contribution in [3.05, 3.63) is 28.2 Å². The molecule has 1 aromatic rings. The van der Waals surface area contributed by atoms with Gasteiger partial charge in [0.05, 0.1) is 6.04 Å². The van der Waals surface area contributed by atoms with Crippen LogP contribution in [0, 0.1) is 12.8 Å². The number of hydrogen-bond acceptors (Lipinski definition) is 1. The largest absolute Gasteiger partial charge is 0.336 e. The summed E-state index contributed by atoms with van der Waals surface area (Å²) < 4.78 is 1.07. The van der Waals surface area contributed by atoms with Crippen molar-refractivity contribution in [1.29, 1.82) is 0 Å². The van der Waals surface area contributed by atoms with Crippen LogP contribution < -0.4 is 10.6 Å². The number of carbonyl (C=O) groups is 1. The molecule has 0 heterocycles. The normalized spacial score (nSPS) is 22.6. The summed E-state index contributed by atoms with van der Waals surface area (Å²) in [4.78, 5) is 12.0. The highest BCUT2D eigenvalue weighted by atomic mass is 79.9. The Morgan fingerprint density at radius 1 is 1.40 bits per heavy atom. The Balaban J connectivity index is 1.81. The molecule has 0 unspecified atom stereocenters. The van der Waals surface area contributed by atoms with Crippen LogP contribution in [0.5, 0.6) is 0 Å². The van der Waals surface area contributed by atoms with E-state index >= 15 is 0 Å². The first-order valence-corrected chi connectivity index (χ1v) is 8.25. The maximum atomic E-state index is 12.0. The molecular formula is C16H24BrN2O+. The van der Waals surface area contributed by atoms with Crippen molar-refractivity contribution in [1.82, 2.24) is 0 Å². The van der Waals surface area contributed by atoms with E-state index in [4.69, 9.17) is 0 Å². The van der Waals surface area contributed by atoms with Crippen LogP contribution in [0.1, 0.15) is 38.2 Å². The van der Waals surface area contributed by atoms with E-state index in [9.17, 15) is 4.79 Å². The number of nitrogens with one attached hydrogen (secondary N) is 1. The highest BCUT2D eigenvalue weighted by Crippen LogP contribution is 2.21. The third-order valence-electron chi connectivity index (χ3n) is 4.23. The number of rotatable bonds is 4. The molecule has 3 N–H and O–H groups in total. The molecule has 0 saturated heterocycles. The Hall–Kier alpha value is -0.870. The van der Waals surface area contributed by atoms with Gasteiger partial charge in [0.1, 0.15) is 0 Å². The van der Waals surface area contributed by atoms with Gasteiger partial charge in [0, 0.05) is 16.1 Å². The Morgan fingerprint density at radius 2 is 2.15 bits per heavy atom. The van der Waals surface area contributed by atoms with Gasteiger partial charge in [0.2, 0.25) is 0 Å². The van der Waals surface area contributed by atoms with Crippen molar-refractivity contribution in [2.75, 3.05) is 11.9 Å². The quantitative estimate of drug-likeness (QED) is 0.870. The lowest BCUT2D eigenvalue weighted by molar-refractivity contribution is -0.687. The molecule has 1 aliphatic rings. The Kier molecular flexibility index (Phi) is 5.61. The average molecular weight is 340 g/mol. The topological polar surface area (TPSA) is 45.7 Å². The summed E-state index contributed by atoms with van der Waals surface area (Å²) in [5.74, 6) is 0.816. The van der Waals surface area contributed by atoms with Gasteiger partial charge in [-0.15, -0.1) is 0 Å². The number of carbonyl (C=O) groups excluding carboxylic acids is 1. The first-order valence-electron chi connectivity index (χ1n) is 7.45. The van der Waals surface area contributed by atoms with Crippen LogP contribution in [0.3, 0.4) is 0 Å². The summed E-state index contributed by atoms with van der Waals surface area (Å²) in [6.07, 6.45) is 5.19. The molecule has 0 radical (unpaired) electrons. The van der Waals surface area contributed by atoms with Gasteiger partial charge in [-0.2, -0.15) is 0 Å². The second kappa shape index (κ2) is 7.23. The maximum Gasteiger partial charge on any atom is 0.279 e. The number of hydrogen-bond donors (Lipinski definition) is 2. The number of aryl methyl sites for hydroxylation is 1. The molecule has 4 heteroatoms. The first kappa shape index (κ1) is 15.5. The van der Waals surface area contributed by atoms with Crippen LogP contribution >= 0.6 is 15.9 Å².